The predicted molar refractivity (Wildman–Crippen MR) is 66.2 cm³/mol. The van der Waals surface area contributed by atoms with E-state index in [1.165, 1.54) is 25.1 Å². The lowest BCUT2D eigenvalue weighted by Gasteiger charge is -1.98. The molecule has 0 saturated carbocycles. The summed E-state index contributed by atoms with van der Waals surface area (Å²) in [5.41, 5.74) is 0.638. The molecule has 0 spiro atoms. The normalized spacial score (nSPS) is 10.3. The minimum atomic E-state index is -0.557. The predicted octanol–water partition coefficient (Wildman–Crippen LogP) is 1.56. The Morgan fingerprint density at radius 2 is 2.06 bits per heavy atom. The van der Waals surface area contributed by atoms with Gasteiger partial charge in [-0.1, -0.05) is 12.2 Å². The molecule has 1 rings (SSSR count). The Morgan fingerprint density at radius 3 is 2.61 bits per heavy atom. The van der Waals surface area contributed by atoms with E-state index in [1.54, 1.807) is 12.2 Å². The average molecular weight is 248 g/mol. The number of carbonyl (C=O) groups excluding carboxylic acids is 2. The fraction of sp³-hybridized carbons (Fsp3) is 0.167. The molecular weight excluding hydrogens is 236 g/mol. The summed E-state index contributed by atoms with van der Waals surface area (Å²) in [6.07, 6.45) is 3.81. The topological polar surface area (TPSA) is 89.3 Å². The molecule has 1 aromatic carbocycles. The smallest absolute Gasteiger partial charge is 0.270 e. The van der Waals surface area contributed by atoms with E-state index in [4.69, 9.17) is 0 Å². The molecule has 94 valence electrons. The summed E-state index contributed by atoms with van der Waals surface area (Å²) in [6.45, 7) is 1.72. The molecular formula is C12H12N2O4. The van der Waals surface area contributed by atoms with E-state index in [1.807, 2.05) is 0 Å². The minimum Gasteiger partial charge on any atom is -0.353 e. The number of nitrogens with one attached hydrogen (secondary N) is 1. The van der Waals surface area contributed by atoms with E-state index < -0.39 is 4.92 Å². The number of carbonyl (C=O) groups is 2. The first kappa shape index (κ1) is 13.6. The Balaban J connectivity index is 2.87. The Kier molecular flexibility index (Phi) is 4.74. The molecule has 0 heterocycles. The molecule has 0 aliphatic carbocycles. The van der Waals surface area contributed by atoms with Crippen molar-refractivity contribution in [3.63, 3.8) is 0 Å². The van der Waals surface area contributed by atoms with Crippen molar-refractivity contribution in [2.45, 2.75) is 6.92 Å². The Labute approximate surface area is 103 Å². The summed E-state index contributed by atoms with van der Waals surface area (Å²) < 4.78 is 0. The van der Waals surface area contributed by atoms with Crippen molar-refractivity contribution in [2.24, 2.45) is 0 Å². The molecule has 6 nitrogen and oxygen atoms in total. The van der Waals surface area contributed by atoms with Crippen LogP contribution in [0, 0.1) is 10.1 Å². The number of rotatable bonds is 5. The molecule has 0 bridgehead atoms. The first-order chi connectivity index (χ1) is 8.52. The minimum absolute atomic E-state index is 0.140. The van der Waals surface area contributed by atoms with Crippen LogP contribution in [-0.4, -0.2) is 23.7 Å². The molecule has 0 radical (unpaired) electrons. The highest BCUT2D eigenvalue weighted by atomic mass is 16.6. The van der Waals surface area contributed by atoms with Crippen LogP contribution >= 0.6 is 0 Å². The zero-order valence-electron chi connectivity index (χ0n) is 9.75. The summed E-state index contributed by atoms with van der Waals surface area (Å²) in [7, 11) is 0. The molecule has 18 heavy (non-hydrogen) atoms. The fourth-order valence-electron chi connectivity index (χ4n) is 1.33. The van der Waals surface area contributed by atoms with Gasteiger partial charge < -0.3 is 5.32 Å². The number of hydrogen-bond acceptors (Lipinski definition) is 4. The van der Waals surface area contributed by atoms with Crippen LogP contribution in [0.2, 0.25) is 0 Å². The second-order valence-corrected chi connectivity index (χ2v) is 3.57. The number of amides is 1. The van der Waals surface area contributed by atoms with Gasteiger partial charge in [0.2, 0.25) is 5.91 Å². The van der Waals surface area contributed by atoms with Crippen molar-refractivity contribution in [1.29, 1.82) is 0 Å². The van der Waals surface area contributed by atoms with Crippen LogP contribution in [0.5, 0.6) is 0 Å². The molecule has 0 saturated heterocycles. The summed E-state index contributed by atoms with van der Waals surface area (Å²) in [5.74, 6) is -0.160. The third-order valence-electron chi connectivity index (χ3n) is 2.09. The summed E-state index contributed by atoms with van der Waals surface area (Å²) in [5, 5.41) is 13.2. The van der Waals surface area contributed by atoms with Gasteiger partial charge in [-0.05, 0) is 11.6 Å². The third-order valence-corrected chi connectivity index (χ3v) is 2.09. The largest absolute Gasteiger partial charge is 0.353 e. The van der Waals surface area contributed by atoms with Crippen molar-refractivity contribution in [1.82, 2.24) is 5.32 Å². The molecule has 1 aromatic rings. The molecule has 0 fully saturated rings. The summed E-state index contributed by atoms with van der Waals surface area (Å²) in [4.78, 5) is 31.4. The number of non-ortho nitro benzene ring substituents is 1. The fourth-order valence-corrected chi connectivity index (χ4v) is 1.33. The first-order valence-corrected chi connectivity index (χ1v) is 5.18. The summed E-state index contributed by atoms with van der Waals surface area (Å²) in [6, 6.07) is 4.10. The van der Waals surface area contributed by atoms with E-state index in [9.17, 15) is 19.7 Å². The van der Waals surface area contributed by atoms with Gasteiger partial charge in [-0.25, -0.2) is 0 Å². The molecule has 1 N–H and O–H groups in total. The molecule has 6 heteroatoms. The Bertz CT molecular complexity index is 509. The second kappa shape index (κ2) is 6.29. The van der Waals surface area contributed by atoms with Crippen molar-refractivity contribution in [2.75, 3.05) is 6.54 Å². The zero-order chi connectivity index (χ0) is 13.5. The number of nitro groups is 1. The van der Waals surface area contributed by atoms with Crippen molar-refractivity contribution in [3.8, 4) is 0 Å². The second-order valence-electron chi connectivity index (χ2n) is 3.57. The van der Waals surface area contributed by atoms with Crippen molar-refractivity contribution >= 4 is 24.0 Å². The number of nitrogens with zero attached hydrogens (tertiary/aromatic N) is 1. The molecule has 0 atom stereocenters. The van der Waals surface area contributed by atoms with Gasteiger partial charge in [0.05, 0.1) is 4.92 Å². The van der Waals surface area contributed by atoms with Gasteiger partial charge in [0, 0.05) is 31.2 Å². The highest BCUT2D eigenvalue weighted by Gasteiger charge is 2.07. The molecule has 0 unspecified atom stereocenters. The van der Waals surface area contributed by atoms with Crippen molar-refractivity contribution < 1.29 is 14.5 Å². The van der Waals surface area contributed by atoms with Crippen LogP contribution in [-0.2, 0) is 4.79 Å². The van der Waals surface area contributed by atoms with Gasteiger partial charge in [0.1, 0.15) is 6.29 Å². The van der Waals surface area contributed by atoms with Crippen LogP contribution in [0.1, 0.15) is 22.8 Å². The number of nitro benzene ring substituents is 1. The zero-order valence-corrected chi connectivity index (χ0v) is 9.75. The summed E-state index contributed by atoms with van der Waals surface area (Å²) >= 11 is 0. The van der Waals surface area contributed by atoms with E-state index in [2.05, 4.69) is 5.32 Å². The van der Waals surface area contributed by atoms with E-state index in [0.717, 1.165) is 0 Å². The molecule has 0 aliphatic heterocycles. The number of benzene rings is 1. The van der Waals surface area contributed by atoms with E-state index >= 15 is 0 Å². The third kappa shape index (κ3) is 4.17. The molecule has 0 aliphatic rings. The monoisotopic (exact) mass is 248 g/mol. The van der Waals surface area contributed by atoms with Crippen LogP contribution in [0.4, 0.5) is 5.69 Å². The van der Waals surface area contributed by atoms with Gasteiger partial charge in [0.15, 0.2) is 0 Å². The molecule has 1 amide bonds. The van der Waals surface area contributed by atoms with E-state index in [0.29, 0.717) is 18.4 Å². The maximum atomic E-state index is 10.6. The van der Waals surface area contributed by atoms with Gasteiger partial charge in [-0.15, -0.1) is 0 Å². The maximum Gasteiger partial charge on any atom is 0.270 e. The Morgan fingerprint density at radius 1 is 1.39 bits per heavy atom. The SMILES string of the molecule is CC(=O)NCC=Cc1cc(C=O)cc([N+](=O)[O-])c1. The van der Waals surface area contributed by atoms with Crippen molar-refractivity contribution in [3.05, 3.63) is 45.5 Å². The van der Waals surface area contributed by atoms with Gasteiger partial charge in [-0.2, -0.15) is 0 Å². The quantitative estimate of drug-likeness (QED) is 0.486. The van der Waals surface area contributed by atoms with Gasteiger partial charge >= 0.3 is 0 Å². The lowest BCUT2D eigenvalue weighted by molar-refractivity contribution is -0.384. The molecule has 0 aromatic heterocycles. The lowest BCUT2D eigenvalue weighted by atomic mass is 10.1. The lowest BCUT2D eigenvalue weighted by Crippen LogP contribution is -2.19. The van der Waals surface area contributed by atoms with Crippen LogP contribution in [0.3, 0.4) is 0 Å². The van der Waals surface area contributed by atoms with Crippen LogP contribution in [0.25, 0.3) is 6.08 Å². The maximum absolute atomic E-state index is 10.6. The van der Waals surface area contributed by atoms with Gasteiger partial charge in [0.25, 0.3) is 5.69 Å². The Hall–Kier alpha value is -2.50. The first-order valence-electron chi connectivity index (χ1n) is 5.18. The van der Waals surface area contributed by atoms with Gasteiger partial charge in [-0.3, -0.25) is 19.7 Å². The standard InChI is InChI=1S/C12H12N2O4/c1-9(16)13-4-2-3-10-5-11(8-15)7-12(6-10)14(17)18/h2-3,5-8H,4H2,1H3,(H,13,16). The average Bonchev–Trinajstić information content (AvgIpc) is 2.34. The highest BCUT2D eigenvalue weighted by Crippen LogP contribution is 2.17. The number of hydrogen-bond donors (Lipinski definition) is 1. The van der Waals surface area contributed by atoms with Crippen LogP contribution in [0.15, 0.2) is 24.3 Å². The highest BCUT2D eigenvalue weighted by molar-refractivity contribution is 5.78. The van der Waals surface area contributed by atoms with E-state index in [-0.39, 0.29) is 17.2 Å². The number of aldehydes is 1. The van der Waals surface area contributed by atoms with Crippen LogP contribution < -0.4 is 5.32 Å².